The van der Waals surface area contributed by atoms with Gasteiger partial charge in [0.1, 0.15) is 6.61 Å². The molecule has 0 bridgehead atoms. The lowest BCUT2D eigenvalue weighted by molar-refractivity contribution is -0.152. The molecule has 0 saturated heterocycles. The van der Waals surface area contributed by atoms with Gasteiger partial charge in [-0.2, -0.15) is 0 Å². The van der Waals surface area contributed by atoms with Gasteiger partial charge < -0.3 is 9.47 Å². The van der Waals surface area contributed by atoms with Gasteiger partial charge in [0.25, 0.3) is 0 Å². The maximum absolute atomic E-state index is 11.0. The van der Waals surface area contributed by atoms with Gasteiger partial charge in [-0.3, -0.25) is 0 Å². The number of ether oxygens (including phenoxy) is 2. The molecule has 1 aliphatic carbocycles. The van der Waals surface area contributed by atoms with Gasteiger partial charge in [-0.1, -0.05) is 19.8 Å². The molecule has 0 amide bonds. The van der Waals surface area contributed by atoms with Crippen LogP contribution in [0.1, 0.15) is 39.5 Å². The minimum atomic E-state index is -0.245. The summed E-state index contributed by atoms with van der Waals surface area (Å²) in [6.07, 6.45) is 5.07. The monoisotopic (exact) mass is 200 g/mol. The molecule has 0 N–H and O–H groups in total. The molecule has 1 rings (SSSR count). The van der Waals surface area contributed by atoms with Crippen molar-refractivity contribution in [2.75, 3.05) is 13.2 Å². The van der Waals surface area contributed by atoms with Crippen molar-refractivity contribution in [3.05, 3.63) is 0 Å². The van der Waals surface area contributed by atoms with E-state index in [4.69, 9.17) is 9.47 Å². The molecule has 0 spiro atoms. The topological polar surface area (TPSA) is 35.5 Å². The van der Waals surface area contributed by atoms with Crippen molar-refractivity contribution in [2.45, 2.75) is 45.6 Å². The van der Waals surface area contributed by atoms with Crippen molar-refractivity contribution in [1.82, 2.24) is 0 Å². The van der Waals surface area contributed by atoms with Crippen molar-refractivity contribution in [2.24, 2.45) is 5.92 Å². The Kier molecular flexibility index (Phi) is 4.94. The highest BCUT2D eigenvalue weighted by atomic mass is 16.6. The van der Waals surface area contributed by atoms with Crippen LogP contribution in [0.15, 0.2) is 0 Å². The molecule has 1 fully saturated rings. The Bertz CT molecular complexity index is 179. The number of esters is 1. The summed E-state index contributed by atoms with van der Waals surface area (Å²) in [5, 5.41) is 0. The summed E-state index contributed by atoms with van der Waals surface area (Å²) in [6, 6.07) is 0. The van der Waals surface area contributed by atoms with Crippen LogP contribution in [-0.2, 0) is 14.3 Å². The SMILES string of the molecule is CCOC(=O)COC1CCCCC1C. The first-order chi connectivity index (χ1) is 6.74. The van der Waals surface area contributed by atoms with Gasteiger partial charge in [0.15, 0.2) is 0 Å². The fraction of sp³-hybridized carbons (Fsp3) is 0.909. The number of carbonyl (C=O) groups excluding carboxylic acids is 1. The lowest BCUT2D eigenvalue weighted by Crippen LogP contribution is -2.28. The Hall–Kier alpha value is -0.570. The second-order valence-electron chi connectivity index (χ2n) is 3.92. The minimum absolute atomic E-state index is 0.114. The molecule has 0 aliphatic heterocycles. The Morgan fingerprint density at radius 2 is 2.07 bits per heavy atom. The van der Waals surface area contributed by atoms with Crippen LogP contribution < -0.4 is 0 Å². The average Bonchev–Trinajstić information content (AvgIpc) is 2.17. The highest BCUT2D eigenvalue weighted by Gasteiger charge is 2.22. The summed E-state index contributed by atoms with van der Waals surface area (Å²) in [5.41, 5.74) is 0. The van der Waals surface area contributed by atoms with Crippen LogP contribution in [0.2, 0.25) is 0 Å². The van der Waals surface area contributed by atoms with Crippen molar-refractivity contribution in [1.29, 1.82) is 0 Å². The zero-order valence-corrected chi connectivity index (χ0v) is 9.12. The quantitative estimate of drug-likeness (QED) is 0.652. The fourth-order valence-corrected chi connectivity index (χ4v) is 1.91. The van der Waals surface area contributed by atoms with E-state index in [1.165, 1.54) is 19.3 Å². The van der Waals surface area contributed by atoms with Crippen LogP contribution in [0, 0.1) is 5.92 Å². The molecule has 0 heterocycles. The molecule has 0 aromatic rings. The highest BCUT2D eigenvalue weighted by molar-refractivity contribution is 5.70. The largest absolute Gasteiger partial charge is 0.464 e. The van der Waals surface area contributed by atoms with Gasteiger partial charge >= 0.3 is 5.97 Å². The van der Waals surface area contributed by atoms with Gasteiger partial charge in [0.05, 0.1) is 12.7 Å². The summed E-state index contributed by atoms with van der Waals surface area (Å²) in [7, 11) is 0. The summed E-state index contributed by atoms with van der Waals surface area (Å²) >= 11 is 0. The van der Waals surface area contributed by atoms with E-state index in [1.807, 2.05) is 0 Å². The molecule has 0 aromatic heterocycles. The van der Waals surface area contributed by atoms with Gasteiger partial charge in [-0.25, -0.2) is 4.79 Å². The zero-order chi connectivity index (χ0) is 10.4. The summed E-state index contributed by atoms with van der Waals surface area (Å²) in [5.74, 6) is 0.337. The van der Waals surface area contributed by atoms with Crippen LogP contribution in [0.5, 0.6) is 0 Å². The lowest BCUT2D eigenvalue weighted by Gasteiger charge is -2.28. The van der Waals surface area contributed by atoms with Crippen LogP contribution in [-0.4, -0.2) is 25.3 Å². The van der Waals surface area contributed by atoms with Crippen LogP contribution >= 0.6 is 0 Å². The van der Waals surface area contributed by atoms with Gasteiger partial charge in [0.2, 0.25) is 0 Å². The van der Waals surface area contributed by atoms with E-state index in [1.54, 1.807) is 6.92 Å². The van der Waals surface area contributed by atoms with E-state index in [-0.39, 0.29) is 18.7 Å². The molecule has 0 radical (unpaired) electrons. The average molecular weight is 200 g/mol. The normalized spacial score (nSPS) is 27.3. The van der Waals surface area contributed by atoms with Crippen molar-refractivity contribution in [3.63, 3.8) is 0 Å². The molecule has 1 aliphatic rings. The van der Waals surface area contributed by atoms with E-state index < -0.39 is 0 Å². The second kappa shape index (κ2) is 6.02. The van der Waals surface area contributed by atoms with E-state index >= 15 is 0 Å². The van der Waals surface area contributed by atoms with Gasteiger partial charge in [-0.05, 0) is 25.7 Å². The predicted molar refractivity (Wildman–Crippen MR) is 54.0 cm³/mol. The smallest absolute Gasteiger partial charge is 0.332 e. The van der Waals surface area contributed by atoms with Crippen molar-refractivity contribution >= 4 is 5.97 Å². The molecule has 1 saturated carbocycles. The molecule has 3 nitrogen and oxygen atoms in total. The van der Waals surface area contributed by atoms with E-state index in [0.29, 0.717) is 12.5 Å². The standard InChI is InChI=1S/C11H20O3/c1-3-13-11(12)8-14-10-7-5-4-6-9(10)2/h9-10H,3-8H2,1-2H3. The number of hydrogen-bond acceptors (Lipinski definition) is 3. The van der Waals surface area contributed by atoms with Crippen LogP contribution in [0.25, 0.3) is 0 Å². The number of rotatable bonds is 4. The van der Waals surface area contributed by atoms with E-state index in [2.05, 4.69) is 6.92 Å². The third kappa shape index (κ3) is 3.66. The summed E-state index contributed by atoms with van der Waals surface area (Å²) < 4.78 is 10.3. The lowest BCUT2D eigenvalue weighted by atomic mass is 9.88. The Morgan fingerprint density at radius 1 is 1.36 bits per heavy atom. The molecule has 0 aromatic carbocycles. The predicted octanol–water partition coefficient (Wildman–Crippen LogP) is 2.14. The minimum Gasteiger partial charge on any atom is -0.464 e. The number of carbonyl (C=O) groups is 1. The first-order valence-electron chi connectivity index (χ1n) is 5.51. The molecular formula is C11H20O3. The Balaban J connectivity index is 2.19. The first-order valence-corrected chi connectivity index (χ1v) is 5.51. The van der Waals surface area contributed by atoms with Gasteiger partial charge in [0, 0.05) is 0 Å². The summed E-state index contributed by atoms with van der Waals surface area (Å²) in [4.78, 5) is 11.0. The maximum Gasteiger partial charge on any atom is 0.332 e. The van der Waals surface area contributed by atoms with Crippen molar-refractivity contribution < 1.29 is 14.3 Å². The Labute approximate surface area is 85.8 Å². The molecule has 82 valence electrons. The van der Waals surface area contributed by atoms with Crippen LogP contribution in [0.4, 0.5) is 0 Å². The third-order valence-corrected chi connectivity index (χ3v) is 2.75. The van der Waals surface area contributed by atoms with Crippen LogP contribution in [0.3, 0.4) is 0 Å². The molecule has 2 unspecified atom stereocenters. The second-order valence-corrected chi connectivity index (χ2v) is 3.92. The third-order valence-electron chi connectivity index (χ3n) is 2.75. The van der Waals surface area contributed by atoms with Gasteiger partial charge in [-0.15, -0.1) is 0 Å². The zero-order valence-electron chi connectivity index (χ0n) is 9.12. The number of hydrogen-bond donors (Lipinski definition) is 0. The van der Waals surface area contributed by atoms with E-state index in [0.717, 1.165) is 6.42 Å². The molecule has 14 heavy (non-hydrogen) atoms. The maximum atomic E-state index is 11.0. The first kappa shape index (κ1) is 11.5. The molecular weight excluding hydrogens is 180 g/mol. The highest BCUT2D eigenvalue weighted by Crippen LogP contribution is 2.26. The summed E-state index contributed by atoms with van der Waals surface area (Å²) in [6.45, 7) is 4.54. The van der Waals surface area contributed by atoms with E-state index in [9.17, 15) is 4.79 Å². The Morgan fingerprint density at radius 3 is 2.71 bits per heavy atom. The molecule has 2 atom stereocenters. The fourth-order valence-electron chi connectivity index (χ4n) is 1.91. The van der Waals surface area contributed by atoms with Crippen molar-refractivity contribution in [3.8, 4) is 0 Å². The molecule has 3 heteroatoms.